The fourth-order valence-electron chi connectivity index (χ4n) is 2.22. The zero-order valence-corrected chi connectivity index (χ0v) is 13.8. The topological polar surface area (TPSA) is 60.7 Å². The van der Waals surface area contributed by atoms with Crippen LogP contribution in [0.25, 0.3) is 16.4 Å². The van der Waals surface area contributed by atoms with Gasteiger partial charge in [0.15, 0.2) is 0 Å². The molecule has 3 aromatic rings. The molecule has 0 spiro atoms. The van der Waals surface area contributed by atoms with Crippen molar-refractivity contribution in [3.8, 4) is 0 Å². The number of esters is 1. The lowest BCUT2D eigenvalue weighted by molar-refractivity contribution is 0.0524. The third kappa shape index (κ3) is 2.38. The number of halogens is 2. The fraction of sp³-hybridized carbons (Fsp3) is 0.133. The molecule has 0 aliphatic rings. The maximum Gasteiger partial charge on any atom is 0.343 e. The lowest BCUT2D eigenvalue weighted by Crippen LogP contribution is -2.23. The number of carbonyl (C=O) groups is 1. The van der Waals surface area contributed by atoms with E-state index in [2.05, 4.69) is 20.9 Å². The van der Waals surface area contributed by atoms with Gasteiger partial charge in [-0.25, -0.2) is 9.78 Å². The highest BCUT2D eigenvalue weighted by molar-refractivity contribution is 9.10. The first kappa shape index (κ1) is 15.0. The summed E-state index contributed by atoms with van der Waals surface area (Å²) in [4.78, 5) is 28.4. The second-order valence-electron chi connectivity index (χ2n) is 4.56. The molecule has 5 nitrogen and oxygen atoms in total. The first-order valence-corrected chi connectivity index (χ1v) is 7.66. The first-order chi connectivity index (χ1) is 10.5. The Morgan fingerprint density at radius 3 is 2.91 bits per heavy atom. The predicted octanol–water partition coefficient (Wildman–Crippen LogP) is 3.44. The summed E-state index contributed by atoms with van der Waals surface area (Å²) >= 11 is 9.46. The highest BCUT2D eigenvalue weighted by atomic mass is 79.9. The highest BCUT2D eigenvalue weighted by Gasteiger charge is 2.15. The zero-order chi connectivity index (χ0) is 15.9. The second kappa shape index (κ2) is 5.70. The van der Waals surface area contributed by atoms with Crippen LogP contribution in [0, 0.1) is 0 Å². The summed E-state index contributed by atoms with van der Waals surface area (Å²) in [6.45, 7) is 1.89. The Balaban J connectivity index is 2.33. The fourth-order valence-corrected chi connectivity index (χ4v) is 2.71. The Bertz CT molecular complexity index is 968. The summed E-state index contributed by atoms with van der Waals surface area (Å²) in [6, 6.07) is 6.65. The Morgan fingerprint density at radius 1 is 1.41 bits per heavy atom. The SMILES string of the molecule is CCOC(=O)c1ccc2c3cc(Cl)c(Br)cc3ncn2c1=O. The van der Waals surface area contributed by atoms with Gasteiger partial charge in [-0.15, -0.1) is 0 Å². The van der Waals surface area contributed by atoms with Gasteiger partial charge in [-0.2, -0.15) is 0 Å². The van der Waals surface area contributed by atoms with Crippen LogP contribution in [0.15, 0.2) is 39.9 Å². The normalized spacial score (nSPS) is 11.0. The number of benzene rings is 1. The second-order valence-corrected chi connectivity index (χ2v) is 5.82. The number of ether oxygens (including phenoxy) is 1. The average Bonchev–Trinajstić information content (AvgIpc) is 2.49. The zero-order valence-electron chi connectivity index (χ0n) is 11.5. The van der Waals surface area contributed by atoms with Crippen LogP contribution in [-0.4, -0.2) is 22.0 Å². The van der Waals surface area contributed by atoms with E-state index in [1.54, 1.807) is 25.1 Å². The minimum absolute atomic E-state index is 0.0243. The van der Waals surface area contributed by atoms with Gasteiger partial charge < -0.3 is 4.74 Å². The van der Waals surface area contributed by atoms with Crippen molar-refractivity contribution in [3.05, 3.63) is 56.0 Å². The molecule has 0 N–H and O–H groups in total. The van der Waals surface area contributed by atoms with Crippen LogP contribution < -0.4 is 5.56 Å². The van der Waals surface area contributed by atoms with Crippen LogP contribution >= 0.6 is 27.5 Å². The maximum absolute atomic E-state index is 12.4. The average molecular weight is 382 g/mol. The molecule has 112 valence electrons. The van der Waals surface area contributed by atoms with E-state index in [0.29, 0.717) is 16.1 Å². The molecule has 0 fully saturated rings. The molecular weight excluding hydrogens is 372 g/mol. The first-order valence-electron chi connectivity index (χ1n) is 6.49. The lowest BCUT2D eigenvalue weighted by Gasteiger charge is -2.08. The minimum Gasteiger partial charge on any atom is -0.462 e. The summed E-state index contributed by atoms with van der Waals surface area (Å²) in [5, 5.41) is 1.24. The molecule has 0 amide bonds. The molecule has 0 atom stereocenters. The van der Waals surface area contributed by atoms with E-state index in [1.165, 1.54) is 16.8 Å². The smallest absolute Gasteiger partial charge is 0.343 e. The number of fused-ring (bicyclic) bond motifs is 3. The molecule has 3 rings (SSSR count). The van der Waals surface area contributed by atoms with Gasteiger partial charge in [0.25, 0.3) is 5.56 Å². The van der Waals surface area contributed by atoms with Crippen molar-refractivity contribution < 1.29 is 9.53 Å². The van der Waals surface area contributed by atoms with Crippen LogP contribution in [0.2, 0.25) is 5.02 Å². The number of nitrogens with zero attached hydrogens (tertiary/aromatic N) is 2. The Kier molecular flexibility index (Phi) is 3.88. The molecule has 0 bridgehead atoms. The van der Waals surface area contributed by atoms with Crippen molar-refractivity contribution in [1.82, 2.24) is 9.38 Å². The van der Waals surface area contributed by atoms with E-state index in [4.69, 9.17) is 16.3 Å². The summed E-state index contributed by atoms with van der Waals surface area (Å²) < 4.78 is 6.92. The van der Waals surface area contributed by atoms with E-state index in [-0.39, 0.29) is 12.2 Å². The van der Waals surface area contributed by atoms with Crippen molar-refractivity contribution in [3.63, 3.8) is 0 Å². The molecule has 1 aromatic carbocycles. The van der Waals surface area contributed by atoms with Crippen molar-refractivity contribution in [1.29, 1.82) is 0 Å². The maximum atomic E-state index is 12.4. The van der Waals surface area contributed by atoms with Crippen molar-refractivity contribution in [2.24, 2.45) is 0 Å². The summed E-state index contributed by atoms with van der Waals surface area (Å²) in [5.41, 5.74) is 0.824. The van der Waals surface area contributed by atoms with E-state index in [9.17, 15) is 9.59 Å². The number of rotatable bonds is 2. The van der Waals surface area contributed by atoms with Gasteiger partial charge in [0, 0.05) is 9.86 Å². The minimum atomic E-state index is -0.643. The quantitative estimate of drug-likeness (QED) is 0.504. The molecule has 0 aliphatic carbocycles. The van der Waals surface area contributed by atoms with Gasteiger partial charge in [0.05, 0.1) is 22.7 Å². The third-order valence-corrected chi connectivity index (χ3v) is 4.44. The Morgan fingerprint density at radius 2 is 2.18 bits per heavy atom. The van der Waals surface area contributed by atoms with Crippen LogP contribution in [0.3, 0.4) is 0 Å². The largest absolute Gasteiger partial charge is 0.462 e. The molecule has 22 heavy (non-hydrogen) atoms. The standard InChI is InChI=1S/C15H10BrClN2O3/c1-2-22-15(21)8-3-4-13-9-5-11(17)10(16)6-12(9)18-7-19(13)14(8)20/h3-7H,2H2,1H3. The Hall–Kier alpha value is -1.92. The van der Waals surface area contributed by atoms with E-state index in [1.807, 2.05) is 0 Å². The lowest BCUT2D eigenvalue weighted by atomic mass is 10.1. The summed E-state index contributed by atoms with van der Waals surface area (Å²) in [7, 11) is 0. The molecular formula is C15H10BrClN2O3. The number of pyridine rings is 1. The molecule has 0 saturated heterocycles. The summed E-state index contributed by atoms with van der Waals surface area (Å²) in [5.74, 6) is -0.643. The highest BCUT2D eigenvalue weighted by Crippen LogP contribution is 2.29. The van der Waals surface area contributed by atoms with Gasteiger partial charge >= 0.3 is 5.97 Å². The molecule has 2 heterocycles. The molecule has 0 saturated carbocycles. The van der Waals surface area contributed by atoms with Crippen molar-refractivity contribution in [2.45, 2.75) is 6.92 Å². The molecule has 7 heteroatoms. The number of aromatic nitrogens is 2. The summed E-state index contributed by atoms with van der Waals surface area (Å²) in [6.07, 6.45) is 1.39. The molecule has 2 aromatic heterocycles. The molecule has 0 unspecified atom stereocenters. The van der Waals surface area contributed by atoms with Crippen LogP contribution in [0.4, 0.5) is 0 Å². The van der Waals surface area contributed by atoms with Crippen molar-refractivity contribution >= 4 is 49.9 Å². The van der Waals surface area contributed by atoms with Gasteiger partial charge in [0.1, 0.15) is 11.9 Å². The van der Waals surface area contributed by atoms with E-state index >= 15 is 0 Å². The van der Waals surface area contributed by atoms with Gasteiger partial charge in [-0.1, -0.05) is 11.6 Å². The van der Waals surface area contributed by atoms with Crippen LogP contribution in [0.5, 0.6) is 0 Å². The van der Waals surface area contributed by atoms with E-state index in [0.717, 1.165) is 9.86 Å². The van der Waals surface area contributed by atoms with Crippen LogP contribution in [0.1, 0.15) is 17.3 Å². The van der Waals surface area contributed by atoms with Crippen molar-refractivity contribution in [2.75, 3.05) is 6.61 Å². The Labute approximate surface area is 138 Å². The van der Waals surface area contributed by atoms with Gasteiger partial charge in [-0.05, 0) is 47.1 Å². The predicted molar refractivity (Wildman–Crippen MR) is 87.6 cm³/mol. The number of hydrogen-bond donors (Lipinski definition) is 0. The number of carbonyl (C=O) groups excluding carboxylic acids is 1. The molecule has 0 aliphatic heterocycles. The van der Waals surface area contributed by atoms with Crippen LogP contribution in [-0.2, 0) is 4.74 Å². The number of hydrogen-bond acceptors (Lipinski definition) is 4. The van der Waals surface area contributed by atoms with E-state index < -0.39 is 11.5 Å². The van der Waals surface area contributed by atoms with Gasteiger partial charge in [0.2, 0.25) is 0 Å². The monoisotopic (exact) mass is 380 g/mol. The van der Waals surface area contributed by atoms with Gasteiger partial charge in [-0.3, -0.25) is 9.20 Å². The molecule has 0 radical (unpaired) electrons. The third-order valence-electron chi connectivity index (χ3n) is 3.24.